The summed E-state index contributed by atoms with van der Waals surface area (Å²) in [5.74, 6) is 0.0275. The molecule has 1 saturated heterocycles. The van der Waals surface area contributed by atoms with E-state index in [1.165, 1.54) is 6.20 Å². The normalized spacial score (nSPS) is 16.3. The monoisotopic (exact) mass is 493 g/mol. The number of nitrogens with one attached hydrogen (secondary N) is 3. The van der Waals surface area contributed by atoms with Crippen molar-refractivity contribution in [2.45, 2.75) is 31.9 Å². The molecule has 1 aliphatic heterocycles. The Kier molecular flexibility index (Phi) is 7.97. The van der Waals surface area contributed by atoms with Crippen LogP contribution in [-0.2, 0) is 0 Å². The number of hydrogen-bond donors (Lipinski definition) is 4. The van der Waals surface area contributed by atoms with Crippen molar-refractivity contribution >= 4 is 34.9 Å². The zero-order chi connectivity index (χ0) is 24.8. The zero-order valence-electron chi connectivity index (χ0n) is 19.4. The Labute approximate surface area is 209 Å². The fourth-order valence-electron chi connectivity index (χ4n) is 3.82. The van der Waals surface area contributed by atoms with Gasteiger partial charge in [-0.2, -0.15) is 0 Å². The molecule has 2 unspecified atom stereocenters. The Morgan fingerprint density at radius 1 is 1.11 bits per heavy atom. The van der Waals surface area contributed by atoms with Crippen LogP contribution in [0.5, 0.6) is 5.75 Å². The summed E-state index contributed by atoms with van der Waals surface area (Å²) in [7, 11) is 0. The lowest BCUT2D eigenvalue weighted by Gasteiger charge is -2.25. The minimum absolute atomic E-state index is 0.0384. The Morgan fingerprint density at radius 3 is 2.63 bits per heavy atom. The van der Waals surface area contributed by atoms with E-state index in [9.17, 15) is 9.59 Å². The Bertz CT molecular complexity index is 1190. The number of piperidine rings is 1. The van der Waals surface area contributed by atoms with Gasteiger partial charge >= 0.3 is 0 Å². The summed E-state index contributed by atoms with van der Waals surface area (Å²) < 4.78 is 6.23. The standard InChI is InChI=1S/C26H28ClN5O3/c1-16(28)17-8-10-21(23(13-17)35-19-5-4-12-29-15-19)26(34)31-22-7-3-2-6-20(22)25(33)32-24-11-9-18(27)14-30-24/h2-3,6-11,13-14,16,19,29H,4-5,12,15,28H2,1H3,(H,31,34)(H,30,32,33). The number of rotatable bonds is 7. The topological polar surface area (TPSA) is 118 Å². The number of nitrogens with two attached hydrogens (primary N) is 1. The first kappa shape index (κ1) is 24.7. The number of halogens is 1. The predicted octanol–water partition coefficient (Wildman–Crippen LogP) is 4.39. The number of benzene rings is 2. The van der Waals surface area contributed by atoms with Crippen molar-refractivity contribution in [1.29, 1.82) is 0 Å². The van der Waals surface area contributed by atoms with Gasteiger partial charge in [-0.25, -0.2) is 4.98 Å². The van der Waals surface area contributed by atoms with Crippen LogP contribution in [0.3, 0.4) is 0 Å². The molecule has 0 bridgehead atoms. The second-order valence-corrected chi connectivity index (χ2v) is 8.88. The second-order valence-electron chi connectivity index (χ2n) is 8.45. The highest BCUT2D eigenvalue weighted by Gasteiger charge is 2.21. The minimum atomic E-state index is -0.409. The van der Waals surface area contributed by atoms with Crippen LogP contribution in [0, 0.1) is 0 Å². The smallest absolute Gasteiger partial charge is 0.259 e. The van der Waals surface area contributed by atoms with Crippen molar-refractivity contribution in [2.75, 3.05) is 23.7 Å². The summed E-state index contributed by atoms with van der Waals surface area (Å²) in [4.78, 5) is 30.3. The quantitative estimate of drug-likeness (QED) is 0.387. The van der Waals surface area contributed by atoms with E-state index in [1.54, 1.807) is 42.5 Å². The summed E-state index contributed by atoms with van der Waals surface area (Å²) in [6.45, 7) is 3.55. The first-order valence-corrected chi connectivity index (χ1v) is 11.9. The molecule has 2 atom stereocenters. The fraction of sp³-hybridized carbons (Fsp3) is 0.269. The minimum Gasteiger partial charge on any atom is -0.488 e. The van der Waals surface area contributed by atoms with Crippen LogP contribution < -0.4 is 26.4 Å². The van der Waals surface area contributed by atoms with Crippen LogP contribution in [0.1, 0.15) is 52.1 Å². The third-order valence-electron chi connectivity index (χ3n) is 5.71. The number of carbonyl (C=O) groups excluding carboxylic acids is 2. The van der Waals surface area contributed by atoms with Gasteiger partial charge in [0.2, 0.25) is 0 Å². The number of nitrogens with zero attached hydrogens (tertiary/aromatic N) is 1. The molecule has 0 saturated carbocycles. The summed E-state index contributed by atoms with van der Waals surface area (Å²) in [6, 6.07) is 15.1. The number of carbonyl (C=O) groups is 2. The highest BCUT2D eigenvalue weighted by molar-refractivity contribution is 6.30. The molecule has 2 heterocycles. The van der Waals surface area contributed by atoms with E-state index in [4.69, 9.17) is 22.1 Å². The van der Waals surface area contributed by atoms with Crippen molar-refractivity contribution in [1.82, 2.24) is 10.3 Å². The molecule has 1 aromatic heterocycles. The van der Waals surface area contributed by atoms with Gasteiger partial charge in [0.15, 0.2) is 0 Å². The molecule has 8 nitrogen and oxygen atoms in total. The Hall–Kier alpha value is -3.46. The van der Waals surface area contributed by atoms with Crippen LogP contribution in [0.2, 0.25) is 5.02 Å². The van der Waals surface area contributed by atoms with Gasteiger partial charge in [-0.15, -0.1) is 0 Å². The third-order valence-corrected chi connectivity index (χ3v) is 5.93. The van der Waals surface area contributed by atoms with Crippen molar-refractivity contribution in [2.24, 2.45) is 5.73 Å². The molecule has 1 aliphatic rings. The average molecular weight is 494 g/mol. The fourth-order valence-corrected chi connectivity index (χ4v) is 3.93. The highest BCUT2D eigenvalue weighted by Crippen LogP contribution is 2.27. The molecular formula is C26H28ClN5O3. The zero-order valence-corrected chi connectivity index (χ0v) is 20.1. The molecule has 2 amide bonds. The van der Waals surface area contributed by atoms with Crippen molar-refractivity contribution in [3.8, 4) is 5.75 Å². The van der Waals surface area contributed by atoms with Gasteiger partial charge in [0, 0.05) is 18.8 Å². The van der Waals surface area contributed by atoms with Crippen LogP contribution in [0.25, 0.3) is 0 Å². The molecule has 0 spiro atoms. The van der Waals surface area contributed by atoms with E-state index in [0.29, 0.717) is 39.9 Å². The van der Waals surface area contributed by atoms with Crippen molar-refractivity contribution in [3.63, 3.8) is 0 Å². The lowest BCUT2D eigenvalue weighted by molar-refractivity contribution is 0.101. The predicted molar refractivity (Wildman–Crippen MR) is 137 cm³/mol. The van der Waals surface area contributed by atoms with Crippen LogP contribution in [-0.4, -0.2) is 36.0 Å². The van der Waals surface area contributed by atoms with Gasteiger partial charge in [-0.3, -0.25) is 9.59 Å². The number of aromatic nitrogens is 1. The highest BCUT2D eigenvalue weighted by atomic mass is 35.5. The molecule has 1 fully saturated rings. The molecule has 35 heavy (non-hydrogen) atoms. The number of hydrogen-bond acceptors (Lipinski definition) is 6. The van der Waals surface area contributed by atoms with E-state index in [1.807, 2.05) is 19.1 Å². The molecule has 4 rings (SSSR count). The van der Waals surface area contributed by atoms with Crippen molar-refractivity contribution < 1.29 is 14.3 Å². The molecule has 3 aromatic rings. The maximum absolute atomic E-state index is 13.3. The van der Waals surface area contributed by atoms with E-state index in [0.717, 1.165) is 24.9 Å². The molecule has 182 valence electrons. The molecule has 0 aliphatic carbocycles. The van der Waals surface area contributed by atoms with E-state index >= 15 is 0 Å². The summed E-state index contributed by atoms with van der Waals surface area (Å²) >= 11 is 5.86. The van der Waals surface area contributed by atoms with Gasteiger partial charge in [0.05, 0.1) is 21.8 Å². The molecular weight excluding hydrogens is 466 g/mol. The van der Waals surface area contributed by atoms with E-state index in [2.05, 4.69) is 20.9 Å². The van der Waals surface area contributed by atoms with Gasteiger partial charge in [0.25, 0.3) is 11.8 Å². The van der Waals surface area contributed by atoms with Crippen LogP contribution >= 0.6 is 11.6 Å². The number of amides is 2. The van der Waals surface area contributed by atoms with Gasteiger partial charge < -0.3 is 26.4 Å². The largest absolute Gasteiger partial charge is 0.488 e. The first-order chi connectivity index (χ1) is 16.9. The second kappa shape index (κ2) is 11.3. The Morgan fingerprint density at radius 2 is 1.91 bits per heavy atom. The van der Waals surface area contributed by atoms with Gasteiger partial charge in [0.1, 0.15) is 17.7 Å². The van der Waals surface area contributed by atoms with E-state index in [-0.39, 0.29) is 18.1 Å². The number of anilines is 2. The van der Waals surface area contributed by atoms with Crippen LogP contribution in [0.4, 0.5) is 11.5 Å². The summed E-state index contributed by atoms with van der Waals surface area (Å²) in [6.07, 6.45) is 3.31. The lowest BCUT2D eigenvalue weighted by Crippen LogP contribution is -2.37. The number of ether oxygens (including phenoxy) is 1. The molecule has 0 radical (unpaired) electrons. The molecule has 5 N–H and O–H groups in total. The Balaban J connectivity index is 1.56. The number of para-hydroxylation sites is 1. The molecule has 2 aromatic carbocycles. The maximum Gasteiger partial charge on any atom is 0.259 e. The third kappa shape index (κ3) is 6.36. The van der Waals surface area contributed by atoms with E-state index < -0.39 is 5.91 Å². The average Bonchev–Trinajstić information content (AvgIpc) is 2.86. The molecule has 9 heteroatoms. The van der Waals surface area contributed by atoms with Crippen molar-refractivity contribution in [3.05, 3.63) is 82.5 Å². The summed E-state index contributed by atoms with van der Waals surface area (Å²) in [5, 5.41) is 9.36. The summed E-state index contributed by atoms with van der Waals surface area (Å²) in [5.41, 5.74) is 7.97. The maximum atomic E-state index is 13.3. The SMILES string of the molecule is CC(N)c1ccc(C(=O)Nc2ccccc2C(=O)Nc2ccc(Cl)cn2)c(OC2CCCNC2)c1. The van der Waals surface area contributed by atoms with Gasteiger partial charge in [-0.05, 0) is 68.3 Å². The number of pyridine rings is 1. The first-order valence-electron chi connectivity index (χ1n) is 11.5. The van der Waals surface area contributed by atoms with Gasteiger partial charge in [-0.1, -0.05) is 29.8 Å². The lowest BCUT2D eigenvalue weighted by atomic mass is 10.0. The van der Waals surface area contributed by atoms with Crippen LogP contribution in [0.15, 0.2) is 60.8 Å².